The minimum absolute atomic E-state index is 0.0771. The van der Waals surface area contributed by atoms with E-state index < -0.39 is 0 Å². The number of carbonyl (C=O) groups is 2. The number of thiazole rings is 1. The van der Waals surface area contributed by atoms with Crippen molar-refractivity contribution in [1.82, 2.24) is 10.3 Å². The molecule has 1 heterocycles. The molecule has 5 nitrogen and oxygen atoms in total. The van der Waals surface area contributed by atoms with Crippen molar-refractivity contribution in [1.29, 1.82) is 0 Å². The third-order valence-electron chi connectivity index (χ3n) is 3.94. The van der Waals surface area contributed by atoms with E-state index in [1.165, 1.54) is 11.3 Å². The lowest BCUT2D eigenvalue weighted by molar-refractivity contribution is -0.115. The summed E-state index contributed by atoms with van der Waals surface area (Å²) in [6.07, 6.45) is 0. The molecule has 2 amide bonds. The molecule has 0 aliphatic rings. The number of nitrogens with zero attached hydrogens (tertiary/aromatic N) is 1. The van der Waals surface area contributed by atoms with Gasteiger partial charge < -0.3 is 10.6 Å². The Morgan fingerprint density at radius 1 is 1.08 bits per heavy atom. The first kappa shape index (κ1) is 17.1. The molecular weight excluding hydrogens is 334 g/mol. The average molecular weight is 353 g/mol. The minimum Gasteiger partial charge on any atom is -0.343 e. The molecule has 3 rings (SSSR count). The quantitative estimate of drug-likeness (QED) is 0.753. The van der Waals surface area contributed by atoms with Crippen molar-refractivity contribution in [3.63, 3.8) is 0 Å². The molecule has 0 aliphatic carbocycles. The molecule has 0 atom stereocenters. The van der Waals surface area contributed by atoms with Crippen LogP contribution in [0.4, 0.5) is 5.69 Å². The molecule has 2 aromatic carbocycles. The molecule has 0 fully saturated rings. The number of hydrogen-bond donors (Lipinski definition) is 2. The van der Waals surface area contributed by atoms with Crippen LogP contribution in [0.1, 0.15) is 27.0 Å². The van der Waals surface area contributed by atoms with Crippen LogP contribution in [0.25, 0.3) is 10.2 Å². The largest absolute Gasteiger partial charge is 0.343 e. The number of fused-ring (bicyclic) bond motifs is 1. The number of benzene rings is 2. The van der Waals surface area contributed by atoms with Crippen LogP contribution in [-0.2, 0) is 4.79 Å². The maximum Gasteiger partial charge on any atom is 0.251 e. The van der Waals surface area contributed by atoms with E-state index in [2.05, 4.69) is 15.6 Å². The van der Waals surface area contributed by atoms with Gasteiger partial charge in [-0.25, -0.2) is 4.98 Å². The number of rotatable bonds is 4. The van der Waals surface area contributed by atoms with Crippen LogP contribution < -0.4 is 10.6 Å². The molecular formula is C19H19N3O2S. The Morgan fingerprint density at radius 3 is 2.52 bits per heavy atom. The number of hydrogen-bond acceptors (Lipinski definition) is 4. The van der Waals surface area contributed by atoms with E-state index >= 15 is 0 Å². The van der Waals surface area contributed by atoms with E-state index in [1.54, 1.807) is 23.7 Å². The topological polar surface area (TPSA) is 71.1 Å². The molecule has 6 heteroatoms. The Hall–Kier alpha value is -2.73. The zero-order chi connectivity index (χ0) is 18.0. The highest BCUT2D eigenvalue weighted by Gasteiger charge is 2.11. The lowest BCUT2D eigenvalue weighted by atomic mass is 10.1. The summed E-state index contributed by atoms with van der Waals surface area (Å²) in [5.74, 6) is -0.523. The first-order chi connectivity index (χ1) is 11.9. The van der Waals surface area contributed by atoms with Crippen molar-refractivity contribution in [3.8, 4) is 0 Å². The van der Waals surface area contributed by atoms with Gasteiger partial charge in [-0.3, -0.25) is 9.59 Å². The lowest BCUT2D eigenvalue weighted by Gasteiger charge is -2.13. The van der Waals surface area contributed by atoms with Crippen LogP contribution in [-0.4, -0.2) is 23.3 Å². The Bertz CT molecular complexity index is 939. The summed E-state index contributed by atoms with van der Waals surface area (Å²) < 4.78 is 0.947. The van der Waals surface area contributed by atoms with Crippen LogP contribution in [0.2, 0.25) is 0 Å². The van der Waals surface area contributed by atoms with Crippen molar-refractivity contribution in [2.45, 2.75) is 20.8 Å². The van der Waals surface area contributed by atoms with E-state index in [1.807, 2.05) is 32.9 Å². The van der Waals surface area contributed by atoms with Gasteiger partial charge in [-0.15, -0.1) is 11.3 Å². The second kappa shape index (κ2) is 7.03. The molecule has 0 spiro atoms. The highest BCUT2D eigenvalue weighted by atomic mass is 32.1. The van der Waals surface area contributed by atoms with Crippen LogP contribution in [0.3, 0.4) is 0 Å². The third kappa shape index (κ3) is 3.85. The Balaban J connectivity index is 1.63. The Kier molecular flexibility index (Phi) is 4.81. The monoisotopic (exact) mass is 353 g/mol. The van der Waals surface area contributed by atoms with Crippen LogP contribution in [0.5, 0.6) is 0 Å². The fourth-order valence-corrected chi connectivity index (χ4v) is 3.54. The SMILES string of the molecule is Cc1cc(C)c(NC(=O)CNC(=O)c2ccc3ncsc3c2)c(C)c1. The Labute approximate surface area is 150 Å². The highest BCUT2D eigenvalue weighted by molar-refractivity contribution is 7.16. The third-order valence-corrected chi connectivity index (χ3v) is 4.74. The second-order valence-electron chi connectivity index (χ2n) is 6.04. The number of amides is 2. The molecule has 0 bridgehead atoms. The van der Waals surface area contributed by atoms with Gasteiger partial charge in [-0.05, 0) is 50.1 Å². The molecule has 0 aliphatic heterocycles. The summed E-state index contributed by atoms with van der Waals surface area (Å²) in [6.45, 7) is 5.86. The van der Waals surface area contributed by atoms with Gasteiger partial charge in [-0.2, -0.15) is 0 Å². The Morgan fingerprint density at radius 2 is 1.80 bits per heavy atom. The summed E-state index contributed by atoms with van der Waals surface area (Å²) in [7, 11) is 0. The molecule has 0 radical (unpaired) electrons. The molecule has 1 aromatic heterocycles. The van der Waals surface area contributed by atoms with E-state index in [9.17, 15) is 9.59 Å². The number of aromatic nitrogens is 1. The summed E-state index contributed by atoms with van der Waals surface area (Å²) >= 11 is 1.48. The van der Waals surface area contributed by atoms with E-state index in [0.717, 1.165) is 32.6 Å². The second-order valence-corrected chi connectivity index (χ2v) is 6.93. The normalized spacial score (nSPS) is 10.7. The number of aryl methyl sites for hydroxylation is 3. The fourth-order valence-electron chi connectivity index (χ4n) is 2.82. The van der Waals surface area contributed by atoms with Crippen molar-refractivity contribution in [3.05, 3.63) is 58.1 Å². The van der Waals surface area contributed by atoms with Crippen molar-refractivity contribution < 1.29 is 9.59 Å². The molecule has 0 saturated heterocycles. The van der Waals surface area contributed by atoms with Crippen LogP contribution in [0, 0.1) is 20.8 Å². The van der Waals surface area contributed by atoms with E-state index in [4.69, 9.17) is 0 Å². The highest BCUT2D eigenvalue weighted by Crippen LogP contribution is 2.22. The maximum absolute atomic E-state index is 12.2. The first-order valence-corrected chi connectivity index (χ1v) is 8.81. The zero-order valence-electron chi connectivity index (χ0n) is 14.3. The van der Waals surface area contributed by atoms with Gasteiger partial charge >= 0.3 is 0 Å². The van der Waals surface area contributed by atoms with E-state index in [0.29, 0.717) is 5.56 Å². The van der Waals surface area contributed by atoms with E-state index in [-0.39, 0.29) is 18.4 Å². The average Bonchev–Trinajstić information content (AvgIpc) is 3.03. The van der Waals surface area contributed by atoms with Crippen molar-refractivity contribution >= 4 is 39.1 Å². The molecule has 2 N–H and O–H groups in total. The van der Waals surface area contributed by atoms with Crippen LogP contribution >= 0.6 is 11.3 Å². The molecule has 25 heavy (non-hydrogen) atoms. The zero-order valence-corrected chi connectivity index (χ0v) is 15.2. The number of anilines is 1. The fraction of sp³-hybridized carbons (Fsp3) is 0.211. The van der Waals surface area contributed by atoms with Gasteiger partial charge in [0.2, 0.25) is 5.91 Å². The van der Waals surface area contributed by atoms with Gasteiger partial charge in [0.1, 0.15) is 0 Å². The minimum atomic E-state index is -0.275. The summed E-state index contributed by atoms with van der Waals surface area (Å²) in [5.41, 5.74) is 7.10. The predicted molar refractivity (Wildman–Crippen MR) is 101 cm³/mol. The van der Waals surface area contributed by atoms with Crippen LogP contribution in [0.15, 0.2) is 35.8 Å². The van der Waals surface area contributed by atoms with Gasteiger partial charge in [0.05, 0.1) is 22.3 Å². The molecule has 0 saturated carbocycles. The smallest absolute Gasteiger partial charge is 0.251 e. The predicted octanol–water partition coefficient (Wildman–Crippen LogP) is 3.59. The summed E-state index contributed by atoms with van der Waals surface area (Å²) in [5, 5.41) is 5.54. The van der Waals surface area contributed by atoms with Gasteiger partial charge in [0, 0.05) is 11.3 Å². The standard InChI is InChI=1S/C19H19N3O2S/c1-11-6-12(2)18(13(3)7-11)22-17(23)9-20-19(24)14-4-5-15-16(8-14)25-10-21-15/h4-8,10H,9H2,1-3H3,(H,20,24)(H,22,23). The van der Waals surface area contributed by atoms with Gasteiger partial charge in [0.15, 0.2) is 0 Å². The van der Waals surface area contributed by atoms with Crippen molar-refractivity contribution in [2.24, 2.45) is 0 Å². The molecule has 0 unspecified atom stereocenters. The van der Waals surface area contributed by atoms with Gasteiger partial charge in [-0.1, -0.05) is 17.7 Å². The number of nitrogens with one attached hydrogen (secondary N) is 2. The van der Waals surface area contributed by atoms with Crippen molar-refractivity contribution in [2.75, 3.05) is 11.9 Å². The molecule has 128 valence electrons. The lowest BCUT2D eigenvalue weighted by Crippen LogP contribution is -2.33. The summed E-state index contributed by atoms with van der Waals surface area (Å²) in [4.78, 5) is 28.6. The first-order valence-electron chi connectivity index (χ1n) is 7.93. The number of carbonyl (C=O) groups excluding carboxylic acids is 2. The van der Waals surface area contributed by atoms with Gasteiger partial charge in [0.25, 0.3) is 5.91 Å². The summed E-state index contributed by atoms with van der Waals surface area (Å²) in [6, 6.07) is 9.34. The maximum atomic E-state index is 12.2. The molecule has 3 aromatic rings.